The summed E-state index contributed by atoms with van der Waals surface area (Å²) in [6.07, 6.45) is 3.29. The van der Waals surface area contributed by atoms with E-state index in [4.69, 9.17) is 5.11 Å². The summed E-state index contributed by atoms with van der Waals surface area (Å²) in [6.45, 7) is 9.62. The van der Waals surface area contributed by atoms with E-state index in [0.29, 0.717) is 12.1 Å². The quantitative estimate of drug-likeness (QED) is 0.920. The van der Waals surface area contributed by atoms with Gasteiger partial charge >= 0.3 is 5.97 Å². The molecule has 5 nitrogen and oxygen atoms in total. The number of hydrogen-bond acceptors (Lipinski definition) is 3. The molecule has 1 aromatic heterocycles. The predicted octanol–water partition coefficient (Wildman–Crippen LogP) is 2.93. The fourth-order valence-electron chi connectivity index (χ4n) is 3.35. The van der Waals surface area contributed by atoms with Crippen molar-refractivity contribution in [2.75, 3.05) is 0 Å². The largest absolute Gasteiger partial charge is 0.476 e. The molecule has 0 saturated heterocycles. The lowest BCUT2D eigenvalue weighted by atomic mass is 10.0. The fraction of sp³-hybridized carbons (Fsp3) is 0.733. The van der Waals surface area contributed by atoms with Crippen molar-refractivity contribution in [1.29, 1.82) is 0 Å². The monoisotopic (exact) mass is 279 g/mol. The second kappa shape index (κ2) is 5.95. The van der Waals surface area contributed by atoms with Crippen LogP contribution in [0.15, 0.2) is 6.07 Å². The van der Waals surface area contributed by atoms with Crippen LogP contribution in [0.2, 0.25) is 0 Å². The second-order valence-electron chi connectivity index (χ2n) is 6.13. The highest BCUT2D eigenvalue weighted by Crippen LogP contribution is 2.33. The third kappa shape index (κ3) is 2.87. The highest BCUT2D eigenvalue weighted by Gasteiger charge is 2.30. The van der Waals surface area contributed by atoms with Crippen LogP contribution in [0.1, 0.15) is 69.2 Å². The highest BCUT2D eigenvalue weighted by molar-refractivity contribution is 5.85. The third-order valence-corrected chi connectivity index (χ3v) is 4.02. The van der Waals surface area contributed by atoms with E-state index in [2.05, 4.69) is 37.7 Å². The van der Waals surface area contributed by atoms with E-state index >= 15 is 0 Å². The number of aromatic carboxylic acids is 1. The number of hydrogen-bond donors (Lipinski definition) is 1. The summed E-state index contributed by atoms with van der Waals surface area (Å²) in [5.74, 6) is -0.940. The van der Waals surface area contributed by atoms with Crippen molar-refractivity contribution in [3.63, 3.8) is 0 Å². The Morgan fingerprint density at radius 2 is 2.00 bits per heavy atom. The molecule has 0 saturated carbocycles. The molecule has 0 bridgehead atoms. The lowest BCUT2D eigenvalue weighted by Gasteiger charge is -2.37. The zero-order chi connectivity index (χ0) is 14.9. The lowest BCUT2D eigenvalue weighted by Crippen LogP contribution is -2.40. The van der Waals surface area contributed by atoms with Crippen LogP contribution in [0.3, 0.4) is 0 Å². The molecule has 1 aromatic rings. The van der Waals surface area contributed by atoms with Crippen LogP contribution >= 0.6 is 0 Å². The average molecular weight is 279 g/mol. The predicted molar refractivity (Wildman–Crippen MR) is 77.9 cm³/mol. The maximum atomic E-state index is 11.2. The SMILES string of the molecule is CC(C)N(C(C)C)C1CCCCn2nc(C(=O)O)cc21. The molecule has 0 aliphatic carbocycles. The maximum Gasteiger partial charge on any atom is 0.356 e. The van der Waals surface area contributed by atoms with Gasteiger partial charge in [0, 0.05) is 18.6 Å². The Kier molecular flexibility index (Phi) is 4.48. The minimum Gasteiger partial charge on any atom is -0.476 e. The molecule has 1 aliphatic rings. The van der Waals surface area contributed by atoms with Gasteiger partial charge < -0.3 is 5.11 Å². The minimum absolute atomic E-state index is 0.166. The van der Waals surface area contributed by atoms with Crippen molar-refractivity contribution in [2.24, 2.45) is 0 Å². The average Bonchev–Trinajstić information content (AvgIpc) is 2.68. The summed E-state index contributed by atoms with van der Waals surface area (Å²) >= 11 is 0. The van der Waals surface area contributed by atoms with Crippen LogP contribution in [0.4, 0.5) is 0 Å². The highest BCUT2D eigenvalue weighted by atomic mass is 16.4. The normalized spacial score (nSPS) is 19.4. The van der Waals surface area contributed by atoms with Crippen molar-refractivity contribution < 1.29 is 9.90 Å². The van der Waals surface area contributed by atoms with Crippen molar-refractivity contribution in [2.45, 2.75) is 71.6 Å². The number of nitrogens with zero attached hydrogens (tertiary/aromatic N) is 3. The molecular formula is C15H25N3O2. The Hall–Kier alpha value is -1.36. The Balaban J connectivity index is 2.42. The van der Waals surface area contributed by atoms with Gasteiger partial charge in [0.2, 0.25) is 0 Å². The van der Waals surface area contributed by atoms with Gasteiger partial charge in [0.1, 0.15) is 0 Å². The van der Waals surface area contributed by atoms with Gasteiger partial charge in [-0.3, -0.25) is 9.58 Å². The Morgan fingerprint density at radius 1 is 1.35 bits per heavy atom. The smallest absolute Gasteiger partial charge is 0.356 e. The van der Waals surface area contributed by atoms with Crippen molar-refractivity contribution >= 4 is 5.97 Å². The molecule has 20 heavy (non-hydrogen) atoms. The number of carboxylic acid groups (broad SMARTS) is 1. The van der Waals surface area contributed by atoms with E-state index in [1.54, 1.807) is 6.07 Å². The molecular weight excluding hydrogens is 254 g/mol. The second-order valence-corrected chi connectivity index (χ2v) is 6.13. The summed E-state index contributed by atoms with van der Waals surface area (Å²) in [6, 6.07) is 2.87. The molecule has 0 aromatic carbocycles. The van der Waals surface area contributed by atoms with Gasteiger partial charge in [-0.2, -0.15) is 5.10 Å². The van der Waals surface area contributed by atoms with Crippen molar-refractivity contribution in [3.05, 3.63) is 17.5 Å². The van der Waals surface area contributed by atoms with E-state index in [1.165, 1.54) is 0 Å². The first kappa shape index (κ1) is 15.0. The van der Waals surface area contributed by atoms with Crippen LogP contribution in [-0.4, -0.2) is 37.8 Å². The maximum absolute atomic E-state index is 11.2. The number of fused-ring (bicyclic) bond motifs is 1. The van der Waals surface area contributed by atoms with Gasteiger partial charge in [0.05, 0.1) is 11.7 Å². The van der Waals surface area contributed by atoms with E-state index in [1.807, 2.05) is 4.68 Å². The Bertz CT molecular complexity index is 471. The van der Waals surface area contributed by atoms with E-state index in [-0.39, 0.29) is 11.7 Å². The summed E-state index contributed by atoms with van der Waals surface area (Å²) in [7, 11) is 0. The molecule has 0 fully saturated rings. The molecule has 2 rings (SSSR count). The number of carboxylic acids is 1. The minimum atomic E-state index is -0.940. The molecule has 5 heteroatoms. The topological polar surface area (TPSA) is 58.4 Å². The van der Waals surface area contributed by atoms with E-state index in [9.17, 15) is 4.79 Å². The molecule has 1 N–H and O–H groups in total. The lowest BCUT2D eigenvalue weighted by molar-refractivity contribution is 0.0689. The van der Waals surface area contributed by atoms with Crippen molar-refractivity contribution in [3.8, 4) is 0 Å². The van der Waals surface area contributed by atoms with Gasteiger partial charge in [-0.15, -0.1) is 0 Å². The van der Waals surface area contributed by atoms with E-state index in [0.717, 1.165) is 31.5 Å². The molecule has 0 radical (unpaired) electrons. The molecule has 1 aliphatic heterocycles. The summed E-state index contributed by atoms with van der Waals surface area (Å²) in [5.41, 5.74) is 1.22. The molecule has 2 heterocycles. The van der Waals surface area contributed by atoms with Gasteiger partial charge in [-0.1, -0.05) is 0 Å². The first-order chi connectivity index (χ1) is 9.41. The number of carbonyl (C=O) groups is 1. The first-order valence-corrected chi connectivity index (χ1v) is 7.50. The standard InChI is InChI=1S/C15H25N3O2/c1-10(2)18(11(3)4)13-7-5-6-8-17-14(13)9-12(16-17)15(19)20/h9-11,13H,5-8H2,1-4H3,(H,19,20). The summed E-state index contributed by atoms with van der Waals surface area (Å²) in [5, 5.41) is 13.4. The number of aromatic nitrogens is 2. The van der Waals surface area contributed by atoms with Crippen LogP contribution in [-0.2, 0) is 6.54 Å². The van der Waals surface area contributed by atoms with Gasteiger partial charge in [-0.05, 0) is 53.0 Å². The van der Waals surface area contributed by atoms with Crippen LogP contribution in [0.25, 0.3) is 0 Å². The van der Waals surface area contributed by atoms with Crippen molar-refractivity contribution in [1.82, 2.24) is 14.7 Å². The molecule has 1 unspecified atom stereocenters. The zero-order valence-electron chi connectivity index (χ0n) is 12.8. The number of rotatable bonds is 4. The Labute approximate surface area is 120 Å². The Morgan fingerprint density at radius 3 is 2.55 bits per heavy atom. The number of aryl methyl sites for hydroxylation is 1. The zero-order valence-corrected chi connectivity index (χ0v) is 12.8. The molecule has 1 atom stereocenters. The molecule has 0 amide bonds. The van der Waals surface area contributed by atoms with Gasteiger partial charge in [0.15, 0.2) is 5.69 Å². The molecule has 0 spiro atoms. The van der Waals surface area contributed by atoms with Crippen LogP contribution in [0.5, 0.6) is 0 Å². The van der Waals surface area contributed by atoms with E-state index < -0.39 is 5.97 Å². The third-order valence-electron chi connectivity index (χ3n) is 4.02. The summed E-state index contributed by atoms with van der Waals surface area (Å²) in [4.78, 5) is 13.6. The van der Waals surface area contributed by atoms with Gasteiger partial charge in [-0.25, -0.2) is 4.79 Å². The summed E-state index contributed by atoms with van der Waals surface area (Å²) < 4.78 is 1.90. The van der Waals surface area contributed by atoms with Crippen LogP contribution < -0.4 is 0 Å². The van der Waals surface area contributed by atoms with Crippen LogP contribution in [0, 0.1) is 0 Å². The fourth-order valence-corrected chi connectivity index (χ4v) is 3.35. The van der Waals surface area contributed by atoms with Gasteiger partial charge in [0.25, 0.3) is 0 Å². The molecule has 112 valence electrons. The first-order valence-electron chi connectivity index (χ1n) is 7.50.